The summed E-state index contributed by atoms with van der Waals surface area (Å²) in [6.45, 7) is 13.9. The number of benzene rings is 2. The molecule has 33 heavy (non-hydrogen) atoms. The van der Waals surface area contributed by atoms with Crippen LogP contribution < -0.4 is 24.8 Å². The van der Waals surface area contributed by atoms with Crippen molar-refractivity contribution < 1.29 is 51.0 Å². The molecule has 0 fully saturated rings. The Hall–Kier alpha value is -0.830. The summed E-state index contributed by atoms with van der Waals surface area (Å²) in [6, 6.07) is 22.2. The van der Waals surface area contributed by atoms with Gasteiger partial charge in [-0.15, -0.1) is 45.9 Å². The van der Waals surface area contributed by atoms with Crippen molar-refractivity contribution in [3.8, 4) is 11.1 Å². The first-order valence-corrected chi connectivity index (χ1v) is 14.7. The molecule has 3 aliphatic rings. The van der Waals surface area contributed by atoms with Gasteiger partial charge in [-0.1, -0.05) is 72.2 Å². The average Bonchev–Trinajstić information content (AvgIpc) is 3.36. The van der Waals surface area contributed by atoms with Crippen molar-refractivity contribution in [2.75, 3.05) is 0 Å². The van der Waals surface area contributed by atoms with E-state index in [1.165, 1.54) is 37.9 Å². The van der Waals surface area contributed by atoms with Crippen molar-refractivity contribution in [2.24, 2.45) is 0 Å². The zero-order valence-electron chi connectivity index (χ0n) is 20.0. The number of halogens is 2. The summed E-state index contributed by atoms with van der Waals surface area (Å²) in [5.41, 5.74) is 9.47. The number of rotatable bonds is 1. The average molecular weight is 588 g/mol. The second kappa shape index (κ2) is 10.4. The molecule has 0 spiro atoms. The number of hydrogen-bond acceptors (Lipinski definition) is 1. The third-order valence-corrected chi connectivity index (χ3v) is 12.3. The van der Waals surface area contributed by atoms with Gasteiger partial charge in [0, 0.05) is 15.3 Å². The SMILES string of the molecule is CC1=C2c3cc(C)sc3C1[Si]2(C)C.Cc1ccc(-c2cccc3[cH-]c(C)cc23)cc1.[Cl-].[Cl-].[Zr+3]. The van der Waals surface area contributed by atoms with Gasteiger partial charge in [0.1, 0.15) is 0 Å². The zero-order valence-corrected chi connectivity index (χ0v) is 25.8. The molecule has 4 aromatic rings. The molecule has 0 amide bonds. The minimum absolute atomic E-state index is 0. The molecule has 0 saturated heterocycles. The first-order chi connectivity index (χ1) is 14.3. The van der Waals surface area contributed by atoms with Crippen LogP contribution in [0.1, 0.15) is 38.9 Å². The number of hydrogen-bond donors (Lipinski definition) is 0. The molecule has 3 heterocycles. The second-order valence-corrected chi connectivity index (χ2v) is 15.4. The van der Waals surface area contributed by atoms with Gasteiger partial charge in [0.15, 0.2) is 0 Å². The fourth-order valence-corrected chi connectivity index (χ4v) is 12.1. The van der Waals surface area contributed by atoms with Gasteiger partial charge < -0.3 is 24.8 Å². The van der Waals surface area contributed by atoms with Gasteiger partial charge in [-0.05, 0) is 38.0 Å². The van der Waals surface area contributed by atoms with E-state index in [1.807, 2.05) is 11.3 Å². The van der Waals surface area contributed by atoms with E-state index in [0.717, 1.165) is 5.54 Å². The van der Waals surface area contributed by atoms with E-state index in [-0.39, 0.29) is 51.0 Å². The summed E-state index contributed by atoms with van der Waals surface area (Å²) in [5.74, 6) is 0. The van der Waals surface area contributed by atoms with Gasteiger partial charge in [-0.2, -0.15) is 6.07 Å². The van der Waals surface area contributed by atoms with Gasteiger partial charge in [0.25, 0.3) is 0 Å². The van der Waals surface area contributed by atoms with E-state index in [4.69, 9.17) is 0 Å². The van der Waals surface area contributed by atoms with Crippen molar-refractivity contribution >= 4 is 35.4 Å². The number of thiophene rings is 1. The molecule has 0 saturated carbocycles. The Morgan fingerprint density at radius 1 is 0.848 bits per heavy atom. The van der Waals surface area contributed by atoms with Crippen LogP contribution >= 0.6 is 11.3 Å². The third kappa shape index (κ3) is 4.69. The van der Waals surface area contributed by atoms with Crippen molar-refractivity contribution in [3.63, 3.8) is 0 Å². The monoisotopic (exact) mass is 585 g/mol. The maximum atomic E-state index is 2.52. The molecule has 0 nitrogen and oxygen atoms in total. The Kier molecular flexibility index (Phi) is 8.97. The Bertz CT molecular complexity index is 1310. The molecule has 1 radical (unpaired) electrons. The van der Waals surface area contributed by atoms with Gasteiger partial charge >= 0.3 is 26.2 Å². The van der Waals surface area contributed by atoms with Crippen molar-refractivity contribution in [2.45, 2.75) is 46.3 Å². The van der Waals surface area contributed by atoms with Crippen LogP contribution in [0.5, 0.6) is 0 Å². The van der Waals surface area contributed by atoms with Gasteiger partial charge in [0.05, 0.1) is 8.07 Å². The van der Waals surface area contributed by atoms with E-state index in [2.05, 4.69) is 101 Å². The Balaban J connectivity index is 0.000000220. The van der Waals surface area contributed by atoms with E-state index in [9.17, 15) is 0 Å². The smallest absolute Gasteiger partial charge is 1.00 e. The molecular weight excluding hydrogens is 559 g/mol. The third-order valence-electron chi connectivity index (χ3n) is 6.87. The van der Waals surface area contributed by atoms with Crippen LogP contribution in [0.3, 0.4) is 0 Å². The van der Waals surface area contributed by atoms with Crippen molar-refractivity contribution in [1.82, 2.24) is 0 Å². The van der Waals surface area contributed by atoms with Crippen LogP contribution in [-0.4, -0.2) is 8.07 Å². The number of fused-ring (bicyclic) bond motifs is 1. The second-order valence-electron chi connectivity index (χ2n) is 9.55. The Morgan fingerprint density at radius 2 is 1.52 bits per heavy atom. The predicted octanol–water partition coefficient (Wildman–Crippen LogP) is 2.58. The Morgan fingerprint density at radius 3 is 2.12 bits per heavy atom. The fraction of sp³-hybridized carbons (Fsp3) is 0.250. The molecule has 2 aliphatic heterocycles. The molecule has 1 unspecified atom stereocenters. The molecule has 7 rings (SSSR count). The maximum absolute atomic E-state index is 2.52. The van der Waals surface area contributed by atoms with Gasteiger partial charge in [-0.3, -0.25) is 0 Å². The van der Waals surface area contributed by atoms with E-state index in [0.29, 0.717) is 0 Å². The van der Waals surface area contributed by atoms with Crippen LogP contribution in [0.4, 0.5) is 0 Å². The summed E-state index contributed by atoms with van der Waals surface area (Å²) < 4.78 is 0. The van der Waals surface area contributed by atoms with Gasteiger partial charge in [-0.25, -0.2) is 0 Å². The van der Waals surface area contributed by atoms with E-state index >= 15 is 0 Å². The van der Waals surface area contributed by atoms with E-state index in [1.54, 1.807) is 21.2 Å². The standard InChI is InChI=1S/C17H15.C11H14SSi.2ClH.Zr/c1-12-6-8-14(9-7-12)16-5-3-4-15-10-13(2)11-17(15)16;1-6-5-8-9(12-6)11-7(2)10(8)13(11,3)4;;;/h3-11H,1-2H3;5,11H,1-4H3;2*1H;/q-1;;;;+3/p-2. The molecular formula is C28H29Cl2SSiZr. The molecule has 0 N–H and O–H groups in total. The maximum Gasteiger partial charge on any atom is 3.00 e. The summed E-state index contributed by atoms with van der Waals surface area (Å²) >= 11 is 2.03. The van der Waals surface area contributed by atoms with Crippen LogP contribution in [0.25, 0.3) is 27.1 Å². The minimum Gasteiger partial charge on any atom is -1.00 e. The first-order valence-electron chi connectivity index (χ1n) is 10.8. The summed E-state index contributed by atoms with van der Waals surface area (Å²) in [6.07, 6.45) is 0. The molecule has 1 aromatic heterocycles. The zero-order chi connectivity index (χ0) is 21.2. The summed E-state index contributed by atoms with van der Waals surface area (Å²) in [7, 11) is -0.995. The summed E-state index contributed by atoms with van der Waals surface area (Å²) in [4.78, 5) is 3.19. The van der Waals surface area contributed by atoms with Crippen molar-refractivity contribution in [1.29, 1.82) is 0 Å². The van der Waals surface area contributed by atoms with E-state index < -0.39 is 8.07 Å². The molecule has 5 heteroatoms. The quantitative estimate of drug-likeness (QED) is 0.237. The van der Waals surface area contributed by atoms with Gasteiger partial charge in [0.2, 0.25) is 0 Å². The van der Waals surface area contributed by atoms with Crippen molar-refractivity contribution in [3.05, 3.63) is 92.7 Å². The fourth-order valence-electron chi connectivity index (χ4n) is 5.66. The molecule has 2 bridgehead atoms. The molecule has 1 aliphatic carbocycles. The van der Waals surface area contributed by atoms with Crippen LogP contribution in [-0.2, 0) is 26.2 Å². The topological polar surface area (TPSA) is 0 Å². The van der Waals surface area contributed by atoms with Crippen LogP contribution in [0, 0.1) is 20.8 Å². The normalized spacial score (nSPS) is 16.5. The Labute approximate surface area is 234 Å². The summed E-state index contributed by atoms with van der Waals surface area (Å²) in [5, 5.41) is 4.46. The molecule has 3 aromatic carbocycles. The molecule has 169 valence electrons. The first kappa shape index (κ1) is 28.4. The predicted molar refractivity (Wildman–Crippen MR) is 136 cm³/mol. The number of allylic oxidation sites excluding steroid dienone is 1. The molecule has 1 atom stereocenters. The van der Waals surface area contributed by atoms with Crippen LogP contribution in [0.15, 0.2) is 66.2 Å². The number of aryl methyl sites for hydroxylation is 3. The largest absolute Gasteiger partial charge is 3.00 e. The van der Waals surface area contributed by atoms with Crippen LogP contribution in [0.2, 0.25) is 13.1 Å². The minimum atomic E-state index is -0.995.